The number of ketones is 1. The Kier molecular flexibility index (Phi) is 5.00. The number of carbonyl (C=O) groups excluding carboxylic acids is 1. The summed E-state index contributed by atoms with van der Waals surface area (Å²) in [6.45, 7) is 10.1. The first kappa shape index (κ1) is 15.3. The second-order valence-corrected chi connectivity index (χ2v) is 5.99. The number of likely N-dealkylation sites (N-methyl/N-ethyl adjacent to an activating group) is 1. The number of Topliss-reactive ketones (excluding diaryl/α,β-unsaturated/α-hetero) is 1. The Bertz CT molecular complexity index is 458. The second kappa shape index (κ2) is 6.55. The van der Waals surface area contributed by atoms with Crippen LogP contribution in [0.3, 0.4) is 0 Å². The highest BCUT2D eigenvalue weighted by molar-refractivity contribution is 5.98. The van der Waals surface area contributed by atoms with Crippen molar-refractivity contribution >= 4 is 5.78 Å². The Balaban J connectivity index is 1.90. The molecule has 1 aromatic heterocycles. The summed E-state index contributed by atoms with van der Waals surface area (Å²) in [6.07, 6.45) is 2.34. The summed E-state index contributed by atoms with van der Waals surface area (Å²) in [7, 11) is 2.08. The second-order valence-electron chi connectivity index (χ2n) is 5.99. The van der Waals surface area contributed by atoms with E-state index in [1.54, 1.807) is 0 Å². The summed E-state index contributed by atoms with van der Waals surface area (Å²) >= 11 is 0. The fourth-order valence-electron chi connectivity index (χ4n) is 3.13. The van der Waals surface area contributed by atoms with Crippen molar-refractivity contribution in [2.45, 2.75) is 39.7 Å². The number of aryl methyl sites for hydroxylation is 2. The summed E-state index contributed by atoms with van der Waals surface area (Å²) in [5.74, 6) is 0.229. The molecule has 1 fully saturated rings. The monoisotopic (exact) mass is 277 g/mol. The van der Waals surface area contributed by atoms with E-state index in [2.05, 4.69) is 28.8 Å². The maximum Gasteiger partial charge on any atom is 0.178 e. The van der Waals surface area contributed by atoms with E-state index in [0.717, 1.165) is 36.6 Å². The van der Waals surface area contributed by atoms with Crippen molar-refractivity contribution in [2.75, 3.05) is 33.2 Å². The van der Waals surface area contributed by atoms with E-state index in [1.807, 2.05) is 19.9 Å². The lowest BCUT2D eigenvalue weighted by Crippen LogP contribution is -2.44. The van der Waals surface area contributed by atoms with Crippen molar-refractivity contribution in [3.8, 4) is 0 Å². The summed E-state index contributed by atoms with van der Waals surface area (Å²) in [5.41, 5.74) is 2.90. The third kappa shape index (κ3) is 3.49. The van der Waals surface area contributed by atoms with Crippen molar-refractivity contribution < 1.29 is 4.79 Å². The molecule has 0 saturated carbocycles. The van der Waals surface area contributed by atoms with Gasteiger partial charge in [0.1, 0.15) is 0 Å². The van der Waals surface area contributed by atoms with Crippen LogP contribution in [0, 0.1) is 13.8 Å². The molecular formula is C16H27N3O. The predicted molar refractivity (Wildman–Crippen MR) is 82.4 cm³/mol. The molecule has 0 aliphatic carbocycles. The van der Waals surface area contributed by atoms with Crippen LogP contribution in [-0.4, -0.2) is 59.8 Å². The van der Waals surface area contributed by atoms with E-state index in [-0.39, 0.29) is 5.78 Å². The highest BCUT2D eigenvalue weighted by Gasteiger charge is 2.23. The van der Waals surface area contributed by atoms with Crippen LogP contribution in [-0.2, 0) is 0 Å². The van der Waals surface area contributed by atoms with Gasteiger partial charge in [-0.25, -0.2) is 0 Å². The molecule has 1 saturated heterocycles. The largest absolute Gasteiger partial charge is 0.362 e. The van der Waals surface area contributed by atoms with Crippen LogP contribution < -0.4 is 0 Å². The van der Waals surface area contributed by atoms with Gasteiger partial charge >= 0.3 is 0 Å². The van der Waals surface area contributed by atoms with Crippen LogP contribution in [0.2, 0.25) is 0 Å². The van der Waals surface area contributed by atoms with Gasteiger partial charge in [0.15, 0.2) is 5.78 Å². The van der Waals surface area contributed by atoms with Crippen LogP contribution in [0.1, 0.15) is 41.5 Å². The van der Waals surface area contributed by atoms with Gasteiger partial charge < -0.3 is 9.88 Å². The van der Waals surface area contributed by atoms with Crippen LogP contribution in [0.4, 0.5) is 0 Å². The van der Waals surface area contributed by atoms with E-state index in [0.29, 0.717) is 12.6 Å². The summed E-state index contributed by atoms with van der Waals surface area (Å²) in [4.78, 5) is 20.3. The van der Waals surface area contributed by atoms with Gasteiger partial charge in [0.25, 0.3) is 0 Å². The zero-order valence-corrected chi connectivity index (χ0v) is 13.2. The first-order valence-electron chi connectivity index (χ1n) is 7.63. The molecule has 4 nitrogen and oxygen atoms in total. The van der Waals surface area contributed by atoms with E-state index < -0.39 is 0 Å². The fourth-order valence-corrected chi connectivity index (χ4v) is 3.13. The number of nitrogens with zero attached hydrogens (tertiary/aromatic N) is 2. The Hall–Kier alpha value is -1.13. The van der Waals surface area contributed by atoms with Crippen LogP contribution in [0.25, 0.3) is 0 Å². The van der Waals surface area contributed by atoms with Gasteiger partial charge in [-0.2, -0.15) is 0 Å². The number of rotatable bonds is 5. The van der Waals surface area contributed by atoms with Crippen molar-refractivity contribution in [1.29, 1.82) is 0 Å². The van der Waals surface area contributed by atoms with Crippen molar-refractivity contribution in [3.05, 3.63) is 23.0 Å². The van der Waals surface area contributed by atoms with Gasteiger partial charge in [-0.05, 0) is 59.4 Å². The van der Waals surface area contributed by atoms with Crippen LogP contribution >= 0.6 is 0 Å². The van der Waals surface area contributed by atoms with Crippen LogP contribution in [0.5, 0.6) is 0 Å². The summed E-state index contributed by atoms with van der Waals surface area (Å²) in [6, 6.07) is 2.51. The minimum absolute atomic E-state index is 0.229. The number of H-pyrrole nitrogens is 1. The lowest BCUT2D eigenvalue weighted by Gasteiger charge is -2.36. The maximum atomic E-state index is 12.4. The number of aromatic amines is 1. The number of likely N-dealkylation sites (tertiary alicyclic amines) is 1. The molecule has 4 heteroatoms. The summed E-state index contributed by atoms with van der Waals surface area (Å²) < 4.78 is 0. The first-order chi connectivity index (χ1) is 9.51. The highest BCUT2D eigenvalue weighted by Crippen LogP contribution is 2.17. The van der Waals surface area contributed by atoms with E-state index >= 15 is 0 Å². The standard InChI is InChI=1S/C16H27N3O/c1-5-19-8-6-14(7-9-19)18(4)11-16(20)15-10-12(2)17-13(15)3/h10,14,17H,5-9,11H2,1-4H3. The average molecular weight is 277 g/mol. The number of aromatic nitrogens is 1. The van der Waals surface area contributed by atoms with Gasteiger partial charge in [-0.1, -0.05) is 6.92 Å². The lowest BCUT2D eigenvalue weighted by molar-refractivity contribution is 0.0858. The Morgan fingerprint density at radius 1 is 1.40 bits per heavy atom. The van der Waals surface area contributed by atoms with Gasteiger partial charge in [-0.15, -0.1) is 0 Å². The van der Waals surface area contributed by atoms with Gasteiger partial charge in [-0.3, -0.25) is 9.69 Å². The van der Waals surface area contributed by atoms with Gasteiger partial charge in [0.2, 0.25) is 0 Å². The molecule has 112 valence electrons. The smallest absolute Gasteiger partial charge is 0.178 e. The molecule has 0 radical (unpaired) electrons. The minimum Gasteiger partial charge on any atom is -0.362 e. The zero-order valence-electron chi connectivity index (χ0n) is 13.2. The molecule has 1 aliphatic heterocycles. The van der Waals surface area contributed by atoms with Gasteiger partial charge in [0.05, 0.1) is 6.54 Å². The number of carbonyl (C=O) groups is 1. The summed E-state index contributed by atoms with van der Waals surface area (Å²) in [5, 5.41) is 0. The Morgan fingerprint density at radius 2 is 2.05 bits per heavy atom. The maximum absolute atomic E-state index is 12.4. The molecule has 0 atom stereocenters. The van der Waals surface area contributed by atoms with E-state index in [9.17, 15) is 4.79 Å². The van der Waals surface area contributed by atoms with Gasteiger partial charge in [0, 0.05) is 23.0 Å². The topological polar surface area (TPSA) is 39.3 Å². The number of hydrogen-bond donors (Lipinski definition) is 1. The molecule has 0 amide bonds. The number of hydrogen-bond acceptors (Lipinski definition) is 3. The Labute approximate surface area is 122 Å². The molecular weight excluding hydrogens is 250 g/mol. The molecule has 20 heavy (non-hydrogen) atoms. The molecule has 1 N–H and O–H groups in total. The number of piperidine rings is 1. The lowest BCUT2D eigenvalue weighted by atomic mass is 10.0. The van der Waals surface area contributed by atoms with Crippen molar-refractivity contribution in [1.82, 2.24) is 14.8 Å². The first-order valence-corrected chi connectivity index (χ1v) is 7.63. The molecule has 2 rings (SSSR count). The van der Waals surface area contributed by atoms with E-state index in [1.165, 1.54) is 12.8 Å². The molecule has 0 unspecified atom stereocenters. The third-order valence-corrected chi connectivity index (χ3v) is 4.47. The predicted octanol–water partition coefficient (Wildman–Crippen LogP) is 2.23. The SMILES string of the molecule is CCN1CCC(N(C)CC(=O)c2cc(C)[nH]c2C)CC1. The minimum atomic E-state index is 0.229. The molecule has 1 aliphatic rings. The zero-order chi connectivity index (χ0) is 14.7. The third-order valence-electron chi connectivity index (χ3n) is 4.47. The molecule has 2 heterocycles. The Morgan fingerprint density at radius 3 is 2.55 bits per heavy atom. The highest BCUT2D eigenvalue weighted by atomic mass is 16.1. The molecule has 0 aromatic carbocycles. The fraction of sp³-hybridized carbons (Fsp3) is 0.688. The molecule has 0 bridgehead atoms. The van der Waals surface area contributed by atoms with E-state index in [4.69, 9.17) is 0 Å². The molecule has 1 aromatic rings. The van der Waals surface area contributed by atoms with Crippen LogP contribution in [0.15, 0.2) is 6.07 Å². The molecule has 0 spiro atoms. The van der Waals surface area contributed by atoms with Crippen molar-refractivity contribution in [3.63, 3.8) is 0 Å². The quantitative estimate of drug-likeness (QED) is 0.839. The normalized spacial score (nSPS) is 17.9. The number of nitrogens with one attached hydrogen (secondary N) is 1. The average Bonchev–Trinajstić information content (AvgIpc) is 2.78. The van der Waals surface area contributed by atoms with Crippen molar-refractivity contribution in [2.24, 2.45) is 0 Å².